The quantitative estimate of drug-likeness (QED) is 0.855. The standard InChI is InChI=1S/C14H18N2O2.ClH/c17-14(11-5-6-15-8-11)16-12-7-10-3-1-2-4-13(10)18-9-12;/h1-4,11-12,15H,5-9H2,(H,16,17);1H. The van der Waals surface area contributed by atoms with Gasteiger partial charge >= 0.3 is 0 Å². The summed E-state index contributed by atoms with van der Waals surface area (Å²) in [5.41, 5.74) is 1.18. The highest BCUT2D eigenvalue weighted by atomic mass is 35.5. The molecule has 104 valence electrons. The Kier molecular flexibility index (Phi) is 4.66. The lowest BCUT2D eigenvalue weighted by atomic mass is 10.0. The topological polar surface area (TPSA) is 50.4 Å². The number of amides is 1. The van der Waals surface area contributed by atoms with Gasteiger partial charge in [-0.05, 0) is 31.0 Å². The fourth-order valence-electron chi connectivity index (χ4n) is 2.62. The first-order chi connectivity index (χ1) is 8.83. The molecule has 2 N–H and O–H groups in total. The smallest absolute Gasteiger partial charge is 0.224 e. The van der Waals surface area contributed by atoms with Crippen LogP contribution in [0.4, 0.5) is 0 Å². The Hall–Kier alpha value is -1.26. The fraction of sp³-hybridized carbons (Fsp3) is 0.500. The molecule has 5 heteroatoms. The van der Waals surface area contributed by atoms with Crippen molar-refractivity contribution in [1.29, 1.82) is 0 Å². The third kappa shape index (κ3) is 3.19. The summed E-state index contributed by atoms with van der Waals surface area (Å²) in [4.78, 5) is 12.0. The predicted molar refractivity (Wildman–Crippen MR) is 75.8 cm³/mol. The number of hydrogen-bond donors (Lipinski definition) is 2. The molecule has 2 atom stereocenters. The van der Waals surface area contributed by atoms with Crippen molar-refractivity contribution in [3.63, 3.8) is 0 Å². The molecule has 1 amide bonds. The van der Waals surface area contributed by atoms with E-state index in [9.17, 15) is 4.79 Å². The summed E-state index contributed by atoms with van der Waals surface area (Å²) in [5, 5.41) is 6.31. The highest BCUT2D eigenvalue weighted by Gasteiger charge is 2.26. The molecule has 2 heterocycles. The summed E-state index contributed by atoms with van der Waals surface area (Å²) < 4.78 is 5.67. The number of nitrogens with one attached hydrogen (secondary N) is 2. The largest absolute Gasteiger partial charge is 0.491 e. The molecule has 0 aliphatic carbocycles. The molecule has 0 aromatic heterocycles. The van der Waals surface area contributed by atoms with Crippen molar-refractivity contribution < 1.29 is 9.53 Å². The predicted octanol–water partition coefficient (Wildman–Crippen LogP) is 1.14. The monoisotopic (exact) mass is 282 g/mol. The number of fused-ring (bicyclic) bond motifs is 1. The maximum absolute atomic E-state index is 12.0. The fourth-order valence-corrected chi connectivity index (χ4v) is 2.62. The Bertz CT molecular complexity index is 447. The number of para-hydroxylation sites is 1. The second kappa shape index (κ2) is 6.26. The van der Waals surface area contributed by atoms with Gasteiger partial charge in [-0.15, -0.1) is 12.4 Å². The first-order valence-corrected chi connectivity index (χ1v) is 6.55. The lowest BCUT2D eigenvalue weighted by Crippen LogP contribution is -2.45. The number of rotatable bonds is 2. The van der Waals surface area contributed by atoms with E-state index < -0.39 is 0 Å². The molecule has 0 saturated carbocycles. The summed E-state index contributed by atoms with van der Waals surface area (Å²) in [6.07, 6.45) is 1.80. The summed E-state index contributed by atoms with van der Waals surface area (Å²) >= 11 is 0. The van der Waals surface area contributed by atoms with Gasteiger partial charge in [0.05, 0.1) is 12.0 Å². The van der Waals surface area contributed by atoms with Gasteiger partial charge in [0.25, 0.3) is 0 Å². The number of carbonyl (C=O) groups is 1. The van der Waals surface area contributed by atoms with Crippen LogP contribution in [0.15, 0.2) is 24.3 Å². The van der Waals surface area contributed by atoms with Gasteiger partial charge in [-0.3, -0.25) is 4.79 Å². The normalized spacial score (nSPS) is 24.8. The van der Waals surface area contributed by atoms with Crippen molar-refractivity contribution >= 4 is 18.3 Å². The molecule has 2 aliphatic heterocycles. The third-order valence-electron chi connectivity index (χ3n) is 3.66. The average molecular weight is 283 g/mol. The second-order valence-corrected chi connectivity index (χ2v) is 5.02. The minimum atomic E-state index is 0. The molecule has 1 fully saturated rings. The third-order valence-corrected chi connectivity index (χ3v) is 3.66. The van der Waals surface area contributed by atoms with E-state index in [0.29, 0.717) is 6.61 Å². The molecule has 4 nitrogen and oxygen atoms in total. The van der Waals surface area contributed by atoms with Crippen molar-refractivity contribution in [2.75, 3.05) is 19.7 Å². The second-order valence-electron chi connectivity index (χ2n) is 5.02. The summed E-state index contributed by atoms with van der Waals surface area (Å²) in [6.45, 7) is 2.32. The molecule has 1 aromatic rings. The van der Waals surface area contributed by atoms with Gasteiger partial charge in [0.1, 0.15) is 12.4 Å². The minimum Gasteiger partial charge on any atom is -0.491 e. The maximum atomic E-state index is 12.0. The van der Waals surface area contributed by atoms with Gasteiger partial charge in [0.15, 0.2) is 0 Å². The Morgan fingerprint density at radius 3 is 3.00 bits per heavy atom. The minimum absolute atomic E-state index is 0. The zero-order chi connectivity index (χ0) is 12.4. The molecule has 0 spiro atoms. The van der Waals surface area contributed by atoms with E-state index in [1.165, 1.54) is 5.56 Å². The van der Waals surface area contributed by atoms with Crippen LogP contribution in [0.1, 0.15) is 12.0 Å². The molecule has 0 bridgehead atoms. The number of benzene rings is 1. The molecule has 0 radical (unpaired) electrons. The van der Waals surface area contributed by atoms with E-state index in [-0.39, 0.29) is 30.3 Å². The number of hydrogen-bond acceptors (Lipinski definition) is 3. The SMILES string of the molecule is Cl.O=C(NC1COc2ccccc2C1)C1CCNC1. The summed E-state index contributed by atoms with van der Waals surface area (Å²) in [5.74, 6) is 1.24. The van der Waals surface area contributed by atoms with E-state index in [1.807, 2.05) is 18.2 Å². The van der Waals surface area contributed by atoms with Gasteiger partial charge in [-0.2, -0.15) is 0 Å². The molecule has 2 aliphatic rings. The molecule has 1 aromatic carbocycles. The van der Waals surface area contributed by atoms with Crippen LogP contribution >= 0.6 is 12.4 Å². The zero-order valence-corrected chi connectivity index (χ0v) is 11.5. The molecule has 1 saturated heterocycles. The van der Waals surface area contributed by atoms with Crippen LogP contribution in [-0.2, 0) is 11.2 Å². The van der Waals surface area contributed by atoms with E-state index in [1.54, 1.807) is 0 Å². The van der Waals surface area contributed by atoms with Crippen molar-refractivity contribution in [2.45, 2.75) is 18.9 Å². The van der Waals surface area contributed by atoms with Crippen molar-refractivity contribution in [2.24, 2.45) is 5.92 Å². The molecule has 19 heavy (non-hydrogen) atoms. The Labute approximate surface area is 119 Å². The van der Waals surface area contributed by atoms with E-state index in [0.717, 1.165) is 31.7 Å². The van der Waals surface area contributed by atoms with Crippen LogP contribution < -0.4 is 15.4 Å². The van der Waals surface area contributed by atoms with Crippen molar-refractivity contribution in [3.8, 4) is 5.75 Å². The molecular weight excluding hydrogens is 264 g/mol. The van der Waals surface area contributed by atoms with Gasteiger partial charge in [-0.25, -0.2) is 0 Å². The van der Waals surface area contributed by atoms with E-state index in [4.69, 9.17) is 4.74 Å². The highest BCUT2D eigenvalue weighted by molar-refractivity contribution is 5.85. The van der Waals surface area contributed by atoms with Crippen LogP contribution in [0, 0.1) is 5.92 Å². The number of halogens is 1. The number of ether oxygens (including phenoxy) is 1. The van der Waals surface area contributed by atoms with Crippen LogP contribution in [0.2, 0.25) is 0 Å². The van der Waals surface area contributed by atoms with Crippen molar-refractivity contribution in [1.82, 2.24) is 10.6 Å². The zero-order valence-electron chi connectivity index (χ0n) is 10.7. The van der Waals surface area contributed by atoms with E-state index in [2.05, 4.69) is 16.7 Å². The van der Waals surface area contributed by atoms with Gasteiger partial charge < -0.3 is 15.4 Å². The lowest BCUT2D eigenvalue weighted by molar-refractivity contribution is -0.125. The Balaban J connectivity index is 0.00000133. The van der Waals surface area contributed by atoms with Crippen LogP contribution in [0.25, 0.3) is 0 Å². The molecule has 2 unspecified atom stereocenters. The first-order valence-electron chi connectivity index (χ1n) is 6.55. The van der Waals surface area contributed by atoms with Gasteiger partial charge in [0.2, 0.25) is 5.91 Å². The van der Waals surface area contributed by atoms with E-state index >= 15 is 0 Å². The average Bonchev–Trinajstić information content (AvgIpc) is 2.92. The first kappa shape index (κ1) is 14.2. The molecular formula is C14H19ClN2O2. The lowest BCUT2D eigenvalue weighted by Gasteiger charge is -2.26. The highest BCUT2D eigenvalue weighted by Crippen LogP contribution is 2.24. The van der Waals surface area contributed by atoms with Crippen molar-refractivity contribution in [3.05, 3.63) is 29.8 Å². The summed E-state index contributed by atoms with van der Waals surface area (Å²) in [7, 11) is 0. The number of carbonyl (C=O) groups excluding carboxylic acids is 1. The van der Waals surface area contributed by atoms with Crippen LogP contribution in [-0.4, -0.2) is 31.6 Å². The summed E-state index contributed by atoms with van der Waals surface area (Å²) in [6, 6.07) is 8.13. The van der Waals surface area contributed by atoms with Crippen LogP contribution in [0.3, 0.4) is 0 Å². The van der Waals surface area contributed by atoms with Gasteiger partial charge in [-0.1, -0.05) is 18.2 Å². The maximum Gasteiger partial charge on any atom is 0.224 e. The van der Waals surface area contributed by atoms with Gasteiger partial charge in [0, 0.05) is 6.54 Å². The van der Waals surface area contributed by atoms with Crippen LogP contribution in [0.5, 0.6) is 5.75 Å². The Morgan fingerprint density at radius 2 is 2.21 bits per heavy atom. The Morgan fingerprint density at radius 1 is 1.37 bits per heavy atom. The molecule has 3 rings (SSSR count).